The topological polar surface area (TPSA) is 0 Å². The fourth-order valence-corrected chi connectivity index (χ4v) is 3.23. The maximum atomic E-state index is 2.38. The molecule has 0 saturated carbocycles. The molecule has 0 fully saturated rings. The fourth-order valence-electron chi connectivity index (χ4n) is 3.23. The third-order valence-corrected chi connectivity index (χ3v) is 4.23. The van der Waals surface area contributed by atoms with Gasteiger partial charge in [-0.3, -0.25) is 0 Å². The van der Waals surface area contributed by atoms with E-state index in [-0.39, 0.29) is 0 Å². The van der Waals surface area contributed by atoms with Crippen LogP contribution in [0.4, 0.5) is 0 Å². The van der Waals surface area contributed by atoms with E-state index < -0.39 is 0 Å². The molecule has 0 aliphatic heterocycles. The first-order chi connectivity index (χ1) is 9.88. The van der Waals surface area contributed by atoms with Gasteiger partial charge in [-0.15, -0.1) is 0 Å². The maximum Gasteiger partial charge on any atom is -0.00962 e. The predicted molar refractivity (Wildman–Crippen MR) is 88.3 cm³/mol. The van der Waals surface area contributed by atoms with E-state index in [9.17, 15) is 0 Å². The van der Waals surface area contributed by atoms with Crippen LogP contribution in [0.5, 0.6) is 0 Å². The van der Waals surface area contributed by atoms with Crippen molar-refractivity contribution in [3.8, 4) is 0 Å². The Morgan fingerprint density at radius 2 is 1.25 bits per heavy atom. The molecule has 0 radical (unpaired) electrons. The minimum absolute atomic E-state index is 1.07. The summed E-state index contributed by atoms with van der Waals surface area (Å²) in [5.74, 6) is 0. The van der Waals surface area contributed by atoms with E-state index in [1.54, 1.807) is 0 Å². The summed E-state index contributed by atoms with van der Waals surface area (Å²) in [4.78, 5) is 0. The van der Waals surface area contributed by atoms with Gasteiger partial charge in [-0.1, -0.05) is 67.6 Å². The van der Waals surface area contributed by atoms with E-state index in [1.807, 2.05) is 0 Å². The van der Waals surface area contributed by atoms with Crippen LogP contribution in [-0.4, -0.2) is 0 Å². The summed E-state index contributed by atoms with van der Waals surface area (Å²) in [6.45, 7) is 2.23. The van der Waals surface area contributed by atoms with Crippen molar-refractivity contribution >= 4 is 32.3 Å². The summed E-state index contributed by atoms with van der Waals surface area (Å²) in [6.07, 6.45) is 1.07. The summed E-state index contributed by atoms with van der Waals surface area (Å²) >= 11 is 0. The zero-order valence-corrected chi connectivity index (χ0v) is 11.6. The van der Waals surface area contributed by atoms with E-state index >= 15 is 0 Å². The first kappa shape index (κ1) is 11.5. The summed E-state index contributed by atoms with van der Waals surface area (Å²) < 4.78 is 0. The van der Waals surface area contributed by atoms with Crippen molar-refractivity contribution in [3.63, 3.8) is 0 Å². The van der Waals surface area contributed by atoms with Crippen LogP contribution in [-0.2, 0) is 6.42 Å². The van der Waals surface area contributed by atoms with Crippen LogP contribution in [0.2, 0.25) is 0 Å². The number of fused-ring (bicyclic) bond motifs is 5. The van der Waals surface area contributed by atoms with E-state index in [1.165, 1.54) is 37.9 Å². The van der Waals surface area contributed by atoms with E-state index in [2.05, 4.69) is 73.7 Å². The molecule has 0 nitrogen and oxygen atoms in total. The van der Waals surface area contributed by atoms with Crippen molar-refractivity contribution in [2.24, 2.45) is 0 Å². The smallest absolute Gasteiger partial charge is 0.00962 e. The molecule has 4 rings (SSSR count). The van der Waals surface area contributed by atoms with Crippen LogP contribution >= 0.6 is 0 Å². The molecule has 4 aromatic carbocycles. The fraction of sp³-hybridized carbons (Fsp3) is 0.100. The van der Waals surface area contributed by atoms with Crippen LogP contribution in [0.3, 0.4) is 0 Å². The van der Waals surface area contributed by atoms with Gasteiger partial charge in [0.15, 0.2) is 0 Å². The molecule has 20 heavy (non-hydrogen) atoms. The lowest BCUT2D eigenvalue weighted by Crippen LogP contribution is -1.87. The van der Waals surface area contributed by atoms with E-state index in [0.717, 1.165) is 6.42 Å². The van der Waals surface area contributed by atoms with Crippen LogP contribution < -0.4 is 0 Å². The molecule has 0 N–H and O–H groups in total. The Kier molecular flexibility index (Phi) is 2.50. The lowest BCUT2D eigenvalue weighted by molar-refractivity contribution is 1.16. The second-order valence-corrected chi connectivity index (χ2v) is 5.32. The van der Waals surface area contributed by atoms with Gasteiger partial charge < -0.3 is 0 Å². The Balaban J connectivity index is 2.30. The molecule has 0 aromatic heterocycles. The number of benzene rings is 4. The highest BCUT2D eigenvalue weighted by molar-refractivity contribution is 6.18. The van der Waals surface area contributed by atoms with Gasteiger partial charge in [0.05, 0.1) is 0 Å². The molecule has 0 aliphatic rings. The Bertz CT molecular complexity index is 932. The van der Waals surface area contributed by atoms with Crippen LogP contribution in [0.1, 0.15) is 12.5 Å². The van der Waals surface area contributed by atoms with Crippen molar-refractivity contribution in [3.05, 3.63) is 72.3 Å². The molecule has 96 valence electrons. The molecule has 0 atom stereocenters. The third-order valence-electron chi connectivity index (χ3n) is 4.23. The maximum absolute atomic E-state index is 2.38. The summed E-state index contributed by atoms with van der Waals surface area (Å²) in [6, 6.07) is 24.3. The SMILES string of the molecule is CCc1cc2c3ccccc3ccc2c2ccccc12. The monoisotopic (exact) mass is 256 g/mol. The van der Waals surface area contributed by atoms with Crippen molar-refractivity contribution in [1.29, 1.82) is 0 Å². The van der Waals surface area contributed by atoms with Gasteiger partial charge in [-0.2, -0.15) is 0 Å². The number of hydrogen-bond acceptors (Lipinski definition) is 0. The minimum Gasteiger partial charge on any atom is -0.0616 e. The predicted octanol–water partition coefficient (Wildman–Crippen LogP) is 5.71. The van der Waals surface area contributed by atoms with Crippen molar-refractivity contribution in [2.45, 2.75) is 13.3 Å². The standard InChI is InChI=1S/C20H16/c1-2-14-13-20-17-9-4-3-7-15(17)11-12-19(20)18-10-6-5-8-16(14)18/h3-13H,2H2,1H3. The zero-order valence-electron chi connectivity index (χ0n) is 11.6. The van der Waals surface area contributed by atoms with Gasteiger partial charge in [0.25, 0.3) is 0 Å². The van der Waals surface area contributed by atoms with Crippen LogP contribution in [0.15, 0.2) is 66.7 Å². The number of hydrogen-bond donors (Lipinski definition) is 0. The molecular formula is C20H16. The molecule has 0 unspecified atom stereocenters. The molecule has 4 aromatic rings. The van der Waals surface area contributed by atoms with Crippen molar-refractivity contribution in [1.82, 2.24) is 0 Å². The summed E-state index contributed by atoms with van der Waals surface area (Å²) in [7, 11) is 0. The van der Waals surface area contributed by atoms with E-state index in [0.29, 0.717) is 0 Å². The molecule has 0 amide bonds. The zero-order chi connectivity index (χ0) is 13.5. The van der Waals surface area contributed by atoms with Gasteiger partial charge >= 0.3 is 0 Å². The summed E-state index contributed by atoms with van der Waals surface area (Å²) in [5, 5.41) is 8.16. The van der Waals surface area contributed by atoms with Gasteiger partial charge in [-0.25, -0.2) is 0 Å². The van der Waals surface area contributed by atoms with Crippen molar-refractivity contribution < 1.29 is 0 Å². The average Bonchev–Trinajstić information content (AvgIpc) is 2.53. The Hall–Kier alpha value is -2.34. The second kappa shape index (κ2) is 4.35. The number of rotatable bonds is 1. The molecule has 0 spiro atoms. The summed E-state index contributed by atoms with van der Waals surface area (Å²) in [5.41, 5.74) is 1.43. The average molecular weight is 256 g/mol. The first-order valence-corrected chi connectivity index (χ1v) is 7.20. The molecule has 0 aliphatic carbocycles. The molecule has 0 bridgehead atoms. The van der Waals surface area contributed by atoms with Crippen LogP contribution in [0, 0.1) is 0 Å². The van der Waals surface area contributed by atoms with Gasteiger partial charge in [0.2, 0.25) is 0 Å². The highest BCUT2D eigenvalue weighted by atomic mass is 14.1. The van der Waals surface area contributed by atoms with Gasteiger partial charge in [0.1, 0.15) is 0 Å². The van der Waals surface area contributed by atoms with Crippen molar-refractivity contribution in [2.75, 3.05) is 0 Å². The molecule has 0 heterocycles. The largest absolute Gasteiger partial charge is 0.0616 e. The minimum atomic E-state index is 1.07. The van der Waals surface area contributed by atoms with Gasteiger partial charge in [-0.05, 0) is 50.4 Å². The lowest BCUT2D eigenvalue weighted by atomic mass is 9.93. The Labute approximate surface area is 118 Å². The molecule has 0 saturated heterocycles. The molecular weight excluding hydrogens is 240 g/mol. The van der Waals surface area contributed by atoms with E-state index in [4.69, 9.17) is 0 Å². The normalized spacial score (nSPS) is 11.4. The highest BCUT2D eigenvalue weighted by Crippen LogP contribution is 2.33. The second-order valence-electron chi connectivity index (χ2n) is 5.32. The van der Waals surface area contributed by atoms with Gasteiger partial charge in [0, 0.05) is 0 Å². The van der Waals surface area contributed by atoms with Crippen LogP contribution in [0.25, 0.3) is 32.3 Å². The lowest BCUT2D eigenvalue weighted by Gasteiger charge is -2.11. The number of aryl methyl sites for hydroxylation is 1. The quantitative estimate of drug-likeness (QED) is 0.383. The third kappa shape index (κ3) is 1.55. The first-order valence-electron chi connectivity index (χ1n) is 7.20. The molecule has 0 heteroatoms. The highest BCUT2D eigenvalue weighted by Gasteiger charge is 2.07. The Morgan fingerprint density at radius 1 is 0.600 bits per heavy atom. The Morgan fingerprint density at radius 3 is 2.05 bits per heavy atom.